The summed E-state index contributed by atoms with van der Waals surface area (Å²) < 4.78 is 16.3. The number of fused-ring (bicyclic) bond motifs is 1. The average molecular weight is 520 g/mol. The number of carbonyl (C=O) groups excluding carboxylic acids is 2. The summed E-state index contributed by atoms with van der Waals surface area (Å²) in [6, 6.07) is 4.76. The maximum Gasteiger partial charge on any atom is 0.256 e. The first-order valence-electron chi connectivity index (χ1n) is 13.6. The molecule has 4 heterocycles. The first-order chi connectivity index (χ1) is 18.1. The van der Waals surface area contributed by atoms with Gasteiger partial charge in [0.25, 0.3) is 5.91 Å². The van der Waals surface area contributed by atoms with E-state index in [4.69, 9.17) is 0 Å². The number of hydrogen-bond donors (Lipinski definition) is 0. The quantitative estimate of drug-likeness (QED) is 0.483. The van der Waals surface area contributed by atoms with Crippen molar-refractivity contribution in [2.75, 3.05) is 33.7 Å². The number of halogens is 1. The summed E-state index contributed by atoms with van der Waals surface area (Å²) in [4.78, 5) is 36.1. The third-order valence-electron chi connectivity index (χ3n) is 8.40. The fraction of sp³-hybridized carbons (Fsp3) is 0.500. The summed E-state index contributed by atoms with van der Waals surface area (Å²) >= 11 is 0. The third kappa shape index (κ3) is 4.94. The lowest BCUT2D eigenvalue weighted by Crippen LogP contribution is -2.53. The molecule has 0 N–H and O–H groups in total. The fourth-order valence-corrected chi connectivity index (χ4v) is 5.92. The molecule has 38 heavy (non-hydrogen) atoms. The summed E-state index contributed by atoms with van der Waals surface area (Å²) in [6.07, 6.45) is 9.45. The van der Waals surface area contributed by atoms with Crippen LogP contribution in [0.2, 0.25) is 0 Å². The highest BCUT2D eigenvalue weighted by atomic mass is 19.1. The van der Waals surface area contributed by atoms with Crippen LogP contribution in [-0.4, -0.2) is 81.9 Å². The van der Waals surface area contributed by atoms with Crippen LogP contribution < -0.4 is 0 Å². The Kier molecular flexibility index (Phi) is 7.27. The van der Waals surface area contributed by atoms with Crippen LogP contribution in [0.4, 0.5) is 4.39 Å². The van der Waals surface area contributed by atoms with Gasteiger partial charge < -0.3 is 14.4 Å². The van der Waals surface area contributed by atoms with Crippen LogP contribution >= 0.6 is 0 Å². The SMILES string of the molecule is Cc1cncc2c1c(CC1CN(C3CCCN(C)C(=O)C3)C1)cn2-c1ccc(F)cc1C(=O)N(C)C(C)C. The molecule has 2 aliphatic heterocycles. The predicted molar refractivity (Wildman–Crippen MR) is 147 cm³/mol. The fourth-order valence-electron chi connectivity index (χ4n) is 5.92. The van der Waals surface area contributed by atoms with Crippen molar-refractivity contribution in [3.63, 3.8) is 0 Å². The molecule has 202 valence electrons. The minimum absolute atomic E-state index is 0.00906. The van der Waals surface area contributed by atoms with Crippen molar-refractivity contribution in [2.24, 2.45) is 5.92 Å². The summed E-state index contributed by atoms with van der Waals surface area (Å²) in [6.45, 7) is 8.76. The van der Waals surface area contributed by atoms with Crippen LogP contribution in [0.3, 0.4) is 0 Å². The molecule has 8 heteroatoms. The van der Waals surface area contributed by atoms with E-state index in [1.165, 1.54) is 17.7 Å². The maximum absolute atomic E-state index is 14.3. The normalized spacial score (nSPS) is 19.2. The van der Waals surface area contributed by atoms with Crippen LogP contribution in [0.25, 0.3) is 16.6 Å². The van der Waals surface area contributed by atoms with E-state index in [0.717, 1.165) is 55.4 Å². The molecule has 5 rings (SSSR count). The van der Waals surface area contributed by atoms with E-state index < -0.39 is 5.82 Å². The van der Waals surface area contributed by atoms with Crippen LogP contribution in [0.5, 0.6) is 0 Å². The molecule has 0 spiro atoms. The van der Waals surface area contributed by atoms with Gasteiger partial charge in [0.2, 0.25) is 5.91 Å². The average Bonchev–Trinajstić information content (AvgIpc) is 3.14. The van der Waals surface area contributed by atoms with Gasteiger partial charge in [-0.2, -0.15) is 0 Å². The van der Waals surface area contributed by atoms with Crippen molar-refractivity contribution in [3.05, 3.63) is 59.3 Å². The lowest BCUT2D eigenvalue weighted by Gasteiger charge is -2.44. The molecule has 2 fully saturated rings. The zero-order valence-corrected chi connectivity index (χ0v) is 23.1. The van der Waals surface area contributed by atoms with Gasteiger partial charge >= 0.3 is 0 Å². The number of amides is 2. The molecule has 0 radical (unpaired) electrons. The number of rotatable bonds is 6. The Morgan fingerprint density at radius 3 is 2.74 bits per heavy atom. The van der Waals surface area contributed by atoms with Crippen molar-refractivity contribution in [3.8, 4) is 5.69 Å². The second kappa shape index (κ2) is 10.5. The van der Waals surface area contributed by atoms with Gasteiger partial charge in [-0.05, 0) is 75.3 Å². The first-order valence-corrected chi connectivity index (χ1v) is 13.6. The van der Waals surface area contributed by atoms with Crippen LogP contribution in [0.1, 0.15) is 54.6 Å². The number of likely N-dealkylation sites (tertiary alicyclic amines) is 2. The van der Waals surface area contributed by atoms with E-state index in [2.05, 4.69) is 23.0 Å². The molecule has 0 aliphatic carbocycles. The van der Waals surface area contributed by atoms with E-state index in [1.807, 2.05) is 42.8 Å². The summed E-state index contributed by atoms with van der Waals surface area (Å²) in [5.41, 5.74) is 4.20. The highest BCUT2D eigenvalue weighted by molar-refractivity contribution is 5.99. The number of nitrogens with zero attached hydrogens (tertiary/aromatic N) is 5. The van der Waals surface area contributed by atoms with Crippen molar-refractivity contribution < 1.29 is 14.0 Å². The third-order valence-corrected chi connectivity index (χ3v) is 8.40. The monoisotopic (exact) mass is 519 g/mol. The Bertz CT molecular complexity index is 1360. The van der Waals surface area contributed by atoms with E-state index in [-0.39, 0.29) is 17.9 Å². The number of pyridine rings is 1. The minimum atomic E-state index is -0.432. The molecule has 0 saturated carbocycles. The van der Waals surface area contributed by atoms with Gasteiger partial charge in [-0.1, -0.05) is 0 Å². The number of hydrogen-bond acceptors (Lipinski definition) is 4. The Hall–Kier alpha value is -3.26. The molecule has 0 bridgehead atoms. The largest absolute Gasteiger partial charge is 0.346 e. The van der Waals surface area contributed by atoms with Crippen LogP contribution in [-0.2, 0) is 11.2 Å². The predicted octanol–water partition coefficient (Wildman–Crippen LogP) is 4.44. The Labute approximate surface area is 224 Å². The highest BCUT2D eigenvalue weighted by Crippen LogP contribution is 2.34. The van der Waals surface area contributed by atoms with Gasteiger partial charge in [-0.25, -0.2) is 4.39 Å². The van der Waals surface area contributed by atoms with Gasteiger partial charge in [0.15, 0.2) is 0 Å². The molecule has 1 aromatic carbocycles. The standard InChI is InChI=1S/C30H38FN5O2/c1-19(2)34(5)30(38)25-12-23(31)8-9-26(25)36-18-22(29-20(3)14-32-15-27(29)36)11-21-16-35(17-21)24-7-6-10-33(4)28(37)13-24/h8-9,12,14-15,18-19,21,24H,6-7,10-11,13,16-17H2,1-5H3. The highest BCUT2D eigenvalue weighted by Gasteiger charge is 2.35. The first kappa shape index (κ1) is 26.4. The number of benzene rings is 1. The topological polar surface area (TPSA) is 61.7 Å². The van der Waals surface area contributed by atoms with Crippen molar-refractivity contribution >= 4 is 22.7 Å². The van der Waals surface area contributed by atoms with Gasteiger partial charge in [0.05, 0.1) is 23.0 Å². The number of carbonyl (C=O) groups is 2. The van der Waals surface area contributed by atoms with Crippen LogP contribution in [0.15, 0.2) is 36.8 Å². The molecule has 1 unspecified atom stereocenters. The zero-order valence-electron chi connectivity index (χ0n) is 23.1. The second-order valence-corrected chi connectivity index (χ2v) is 11.4. The summed E-state index contributed by atoms with van der Waals surface area (Å²) in [5.74, 6) is 0.101. The molecule has 3 aromatic rings. The smallest absolute Gasteiger partial charge is 0.256 e. The van der Waals surface area contributed by atoms with Gasteiger partial charge in [0, 0.05) is 70.0 Å². The van der Waals surface area contributed by atoms with E-state index in [0.29, 0.717) is 29.6 Å². The molecule has 2 saturated heterocycles. The molecule has 1 atom stereocenters. The summed E-state index contributed by atoms with van der Waals surface area (Å²) in [7, 11) is 3.65. The second-order valence-electron chi connectivity index (χ2n) is 11.4. The number of aromatic nitrogens is 2. The molecule has 2 aliphatic rings. The van der Waals surface area contributed by atoms with Crippen molar-refractivity contribution in [2.45, 2.75) is 58.5 Å². The van der Waals surface area contributed by atoms with Gasteiger partial charge in [0.1, 0.15) is 5.82 Å². The van der Waals surface area contributed by atoms with E-state index in [9.17, 15) is 14.0 Å². The number of aryl methyl sites for hydroxylation is 1. The van der Waals surface area contributed by atoms with Crippen LogP contribution in [0, 0.1) is 18.7 Å². The lowest BCUT2D eigenvalue weighted by molar-refractivity contribution is -0.130. The lowest BCUT2D eigenvalue weighted by atomic mass is 9.89. The minimum Gasteiger partial charge on any atom is -0.346 e. The van der Waals surface area contributed by atoms with Crippen molar-refractivity contribution in [1.82, 2.24) is 24.3 Å². The van der Waals surface area contributed by atoms with Gasteiger partial charge in [-0.3, -0.25) is 19.5 Å². The molecular weight excluding hydrogens is 481 g/mol. The van der Waals surface area contributed by atoms with E-state index >= 15 is 0 Å². The molecule has 7 nitrogen and oxygen atoms in total. The Morgan fingerprint density at radius 2 is 2.00 bits per heavy atom. The summed E-state index contributed by atoms with van der Waals surface area (Å²) in [5, 5.41) is 1.14. The molecule has 2 aromatic heterocycles. The Balaban J connectivity index is 1.43. The maximum atomic E-state index is 14.3. The molecular formula is C30H38FN5O2. The Morgan fingerprint density at radius 1 is 1.24 bits per heavy atom. The molecule has 2 amide bonds. The van der Waals surface area contributed by atoms with Gasteiger partial charge in [-0.15, -0.1) is 0 Å². The van der Waals surface area contributed by atoms with E-state index in [1.54, 1.807) is 18.0 Å². The zero-order chi connectivity index (χ0) is 27.1. The van der Waals surface area contributed by atoms with Crippen molar-refractivity contribution in [1.29, 1.82) is 0 Å².